The van der Waals surface area contributed by atoms with Gasteiger partial charge >= 0.3 is 0 Å². The predicted molar refractivity (Wildman–Crippen MR) is 119 cm³/mol. The first-order valence-corrected chi connectivity index (χ1v) is 11.0. The van der Waals surface area contributed by atoms with Crippen molar-refractivity contribution in [3.05, 3.63) is 71.4 Å². The maximum absolute atomic E-state index is 13.1. The second-order valence-electron chi connectivity index (χ2n) is 7.45. The van der Waals surface area contributed by atoms with Gasteiger partial charge in [0.05, 0.1) is 12.2 Å². The highest BCUT2D eigenvalue weighted by Crippen LogP contribution is 2.25. The Hall–Kier alpha value is -2.61. The Balaban J connectivity index is 1.20. The fraction of sp³-hybridized carbons (Fsp3) is 0.304. The molecule has 1 fully saturated rings. The molecule has 3 aromatic rings. The molecule has 5 nitrogen and oxygen atoms in total. The summed E-state index contributed by atoms with van der Waals surface area (Å²) in [6, 6.07) is 16.7. The highest BCUT2D eigenvalue weighted by Gasteiger charge is 2.19. The number of nitrogens with one attached hydrogen (secondary N) is 1. The van der Waals surface area contributed by atoms with Crippen LogP contribution in [0.25, 0.3) is 11.3 Å². The topological polar surface area (TPSA) is 48.5 Å². The van der Waals surface area contributed by atoms with Crippen LogP contribution < -0.4 is 5.32 Å². The second-order valence-corrected chi connectivity index (χ2v) is 8.30. The molecule has 1 aromatic heterocycles. The van der Waals surface area contributed by atoms with Gasteiger partial charge in [0.15, 0.2) is 5.13 Å². The molecule has 0 bridgehead atoms. The van der Waals surface area contributed by atoms with Crippen molar-refractivity contribution in [3.63, 3.8) is 0 Å². The summed E-state index contributed by atoms with van der Waals surface area (Å²) < 4.78 is 13.1. The lowest BCUT2D eigenvalue weighted by Gasteiger charge is -2.34. The van der Waals surface area contributed by atoms with E-state index in [2.05, 4.69) is 44.4 Å². The third kappa shape index (κ3) is 5.72. The number of amides is 1. The number of piperazine rings is 1. The van der Waals surface area contributed by atoms with Crippen molar-refractivity contribution in [1.29, 1.82) is 0 Å². The maximum atomic E-state index is 13.1. The molecule has 1 saturated heterocycles. The van der Waals surface area contributed by atoms with Crippen LogP contribution in [-0.2, 0) is 11.2 Å². The van der Waals surface area contributed by atoms with Gasteiger partial charge in [0.2, 0.25) is 5.91 Å². The standard InChI is InChI=1S/C23H25FN4OS/c24-20-8-6-19(7-9-20)21-17-30-23(25-21)26-22(29)16-28-14-12-27(13-15-28)11-10-18-4-2-1-3-5-18/h1-9,17H,10-16H2,(H,25,26,29). The van der Waals surface area contributed by atoms with Gasteiger partial charge in [0, 0.05) is 43.7 Å². The molecule has 0 aliphatic carbocycles. The second kappa shape index (κ2) is 9.93. The zero-order valence-corrected chi connectivity index (χ0v) is 17.6. The van der Waals surface area contributed by atoms with Crippen molar-refractivity contribution in [2.75, 3.05) is 44.6 Å². The molecule has 0 atom stereocenters. The van der Waals surface area contributed by atoms with Crippen LogP contribution in [0.2, 0.25) is 0 Å². The van der Waals surface area contributed by atoms with Crippen LogP contribution >= 0.6 is 11.3 Å². The molecule has 2 aromatic carbocycles. The van der Waals surface area contributed by atoms with E-state index in [1.807, 2.05) is 11.4 Å². The van der Waals surface area contributed by atoms with E-state index in [1.165, 1.54) is 29.0 Å². The smallest absolute Gasteiger partial charge is 0.240 e. The molecular formula is C23H25FN4OS. The Bertz CT molecular complexity index is 953. The molecule has 4 rings (SSSR count). The summed E-state index contributed by atoms with van der Waals surface area (Å²) >= 11 is 1.38. The number of thiazole rings is 1. The van der Waals surface area contributed by atoms with Crippen LogP contribution in [0.1, 0.15) is 5.56 Å². The van der Waals surface area contributed by atoms with Gasteiger partial charge in [0.25, 0.3) is 0 Å². The predicted octanol–water partition coefficient (Wildman–Crippen LogP) is 3.75. The summed E-state index contributed by atoms with van der Waals surface area (Å²) in [4.78, 5) is 21.5. The Morgan fingerprint density at radius 1 is 1.00 bits per heavy atom. The number of anilines is 1. The van der Waals surface area contributed by atoms with Gasteiger partial charge in [-0.1, -0.05) is 30.3 Å². The number of aromatic nitrogens is 1. The molecule has 1 aliphatic rings. The van der Waals surface area contributed by atoms with Crippen molar-refractivity contribution >= 4 is 22.4 Å². The van der Waals surface area contributed by atoms with Gasteiger partial charge in [-0.2, -0.15) is 0 Å². The number of nitrogens with zero attached hydrogens (tertiary/aromatic N) is 3. The summed E-state index contributed by atoms with van der Waals surface area (Å²) in [5.74, 6) is -0.324. The minimum atomic E-state index is -0.275. The zero-order valence-electron chi connectivity index (χ0n) is 16.8. The Labute approximate surface area is 180 Å². The lowest BCUT2D eigenvalue weighted by molar-refractivity contribution is -0.117. The summed E-state index contributed by atoms with van der Waals surface area (Å²) in [5, 5.41) is 5.33. The summed E-state index contributed by atoms with van der Waals surface area (Å²) in [7, 11) is 0. The molecule has 1 amide bonds. The fourth-order valence-electron chi connectivity index (χ4n) is 3.55. The lowest BCUT2D eigenvalue weighted by Crippen LogP contribution is -2.49. The number of carbonyl (C=O) groups is 1. The number of hydrogen-bond acceptors (Lipinski definition) is 5. The minimum absolute atomic E-state index is 0.0484. The monoisotopic (exact) mass is 424 g/mol. The largest absolute Gasteiger partial charge is 0.301 e. The highest BCUT2D eigenvalue weighted by atomic mass is 32.1. The summed E-state index contributed by atoms with van der Waals surface area (Å²) in [6.07, 6.45) is 1.06. The van der Waals surface area contributed by atoms with E-state index < -0.39 is 0 Å². The quantitative estimate of drug-likeness (QED) is 0.628. The summed E-state index contributed by atoms with van der Waals surface area (Å²) in [5.41, 5.74) is 2.94. The van der Waals surface area contributed by atoms with Gasteiger partial charge in [-0.25, -0.2) is 9.37 Å². The van der Waals surface area contributed by atoms with Crippen molar-refractivity contribution in [2.24, 2.45) is 0 Å². The van der Waals surface area contributed by atoms with E-state index >= 15 is 0 Å². The molecule has 7 heteroatoms. The van der Waals surface area contributed by atoms with Gasteiger partial charge in [-0.15, -0.1) is 11.3 Å². The number of carbonyl (C=O) groups excluding carboxylic acids is 1. The van der Waals surface area contributed by atoms with Crippen molar-refractivity contribution in [1.82, 2.24) is 14.8 Å². The first-order valence-electron chi connectivity index (χ1n) is 10.2. The molecule has 0 saturated carbocycles. The van der Waals surface area contributed by atoms with Gasteiger partial charge in [-0.3, -0.25) is 9.69 Å². The normalized spacial score (nSPS) is 15.2. The first kappa shape index (κ1) is 20.7. The Morgan fingerprint density at radius 3 is 2.43 bits per heavy atom. The maximum Gasteiger partial charge on any atom is 0.240 e. The van der Waals surface area contributed by atoms with Crippen LogP contribution in [0.4, 0.5) is 9.52 Å². The van der Waals surface area contributed by atoms with E-state index in [9.17, 15) is 9.18 Å². The van der Waals surface area contributed by atoms with Crippen LogP contribution in [0, 0.1) is 5.82 Å². The van der Waals surface area contributed by atoms with Crippen LogP contribution in [0.3, 0.4) is 0 Å². The van der Waals surface area contributed by atoms with Crippen molar-refractivity contribution in [3.8, 4) is 11.3 Å². The molecule has 0 radical (unpaired) electrons. The highest BCUT2D eigenvalue weighted by molar-refractivity contribution is 7.14. The third-order valence-corrected chi connectivity index (χ3v) is 6.04. The fourth-order valence-corrected chi connectivity index (χ4v) is 4.29. The molecule has 1 aliphatic heterocycles. The first-order chi connectivity index (χ1) is 14.7. The van der Waals surface area contributed by atoms with Crippen molar-refractivity contribution in [2.45, 2.75) is 6.42 Å². The van der Waals surface area contributed by atoms with E-state index in [0.29, 0.717) is 11.7 Å². The molecule has 0 unspecified atom stereocenters. The van der Waals surface area contributed by atoms with Gasteiger partial charge in [0.1, 0.15) is 5.82 Å². The van der Waals surface area contributed by atoms with Crippen LogP contribution in [-0.4, -0.2) is 60.0 Å². The number of rotatable bonds is 7. The van der Waals surface area contributed by atoms with Gasteiger partial charge < -0.3 is 10.2 Å². The van der Waals surface area contributed by atoms with Crippen LogP contribution in [0.5, 0.6) is 0 Å². The molecule has 1 N–H and O–H groups in total. The molecule has 2 heterocycles. The minimum Gasteiger partial charge on any atom is -0.301 e. The van der Waals surface area contributed by atoms with E-state index in [0.717, 1.165) is 50.4 Å². The van der Waals surface area contributed by atoms with E-state index in [-0.39, 0.29) is 11.7 Å². The van der Waals surface area contributed by atoms with E-state index in [1.54, 1.807) is 12.1 Å². The lowest BCUT2D eigenvalue weighted by atomic mass is 10.1. The SMILES string of the molecule is O=C(CN1CCN(CCc2ccccc2)CC1)Nc1nc(-c2ccc(F)cc2)cs1. The Kier molecular flexibility index (Phi) is 6.84. The molecular weight excluding hydrogens is 399 g/mol. The average molecular weight is 425 g/mol. The summed E-state index contributed by atoms with van der Waals surface area (Å²) in [6.45, 7) is 5.16. The van der Waals surface area contributed by atoms with Crippen LogP contribution in [0.15, 0.2) is 60.0 Å². The molecule has 30 heavy (non-hydrogen) atoms. The number of halogens is 1. The van der Waals surface area contributed by atoms with Gasteiger partial charge in [-0.05, 0) is 36.2 Å². The number of hydrogen-bond donors (Lipinski definition) is 1. The number of benzene rings is 2. The van der Waals surface area contributed by atoms with Crippen molar-refractivity contribution < 1.29 is 9.18 Å². The third-order valence-electron chi connectivity index (χ3n) is 5.28. The van der Waals surface area contributed by atoms with E-state index in [4.69, 9.17) is 0 Å². The molecule has 156 valence electrons. The molecule has 0 spiro atoms. The zero-order chi connectivity index (χ0) is 20.8. The average Bonchev–Trinajstić information content (AvgIpc) is 3.23. The Morgan fingerprint density at radius 2 is 1.70 bits per heavy atom.